The molecule has 6 nitrogen and oxygen atoms in total. The normalized spacial score (nSPS) is 21.3. The van der Waals surface area contributed by atoms with Crippen molar-refractivity contribution < 1.29 is 9.53 Å². The molecule has 2 aromatic rings. The molecule has 0 bridgehead atoms. The van der Waals surface area contributed by atoms with Crippen LogP contribution < -0.4 is 4.74 Å². The molecular formula is C19H24N4O2. The van der Waals surface area contributed by atoms with Crippen molar-refractivity contribution in [2.75, 3.05) is 19.7 Å². The molecule has 1 aromatic carbocycles. The van der Waals surface area contributed by atoms with Gasteiger partial charge < -0.3 is 14.2 Å². The van der Waals surface area contributed by atoms with Gasteiger partial charge in [-0.2, -0.15) is 0 Å². The minimum Gasteiger partial charge on any atom is -0.484 e. The van der Waals surface area contributed by atoms with Gasteiger partial charge in [0.2, 0.25) is 0 Å². The molecule has 2 aliphatic rings. The van der Waals surface area contributed by atoms with Crippen molar-refractivity contribution >= 4 is 5.91 Å². The number of carbonyl (C=O) groups is 1. The fraction of sp³-hybridized carbons (Fsp3) is 0.526. The second-order valence-electron chi connectivity index (χ2n) is 7.12. The van der Waals surface area contributed by atoms with Crippen LogP contribution in [0.1, 0.15) is 37.9 Å². The monoisotopic (exact) mass is 340 g/mol. The van der Waals surface area contributed by atoms with Crippen LogP contribution in [0.15, 0.2) is 36.7 Å². The van der Waals surface area contributed by atoms with Crippen LogP contribution in [0.4, 0.5) is 0 Å². The van der Waals surface area contributed by atoms with Crippen LogP contribution >= 0.6 is 0 Å². The molecule has 1 amide bonds. The molecule has 2 heterocycles. The summed E-state index contributed by atoms with van der Waals surface area (Å²) in [5.41, 5.74) is 0.183. The Morgan fingerprint density at radius 1 is 1.32 bits per heavy atom. The molecule has 1 unspecified atom stereocenters. The molecule has 1 saturated heterocycles. The van der Waals surface area contributed by atoms with Crippen molar-refractivity contribution in [3.63, 3.8) is 0 Å². The summed E-state index contributed by atoms with van der Waals surface area (Å²) in [5.74, 6) is 2.10. The molecule has 1 spiro atoms. The topological polar surface area (TPSA) is 60.2 Å². The maximum atomic E-state index is 12.7. The SMILES string of the molecule is CCn1cnnc1C1CN(C(=O)COc2ccccc2)CC12CCC2. The molecule has 1 aliphatic carbocycles. The van der Waals surface area contributed by atoms with Gasteiger partial charge in [-0.15, -0.1) is 10.2 Å². The molecule has 6 heteroatoms. The third kappa shape index (κ3) is 2.90. The molecule has 0 radical (unpaired) electrons. The average molecular weight is 340 g/mol. The van der Waals surface area contributed by atoms with Gasteiger partial charge in [-0.25, -0.2) is 0 Å². The summed E-state index contributed by atoms with van der Waals surface area (Å²) in [6.07, 6.45) is 5.36. The average Bonchev–Trinajstić information content (AvgIpc) is 3.24. The Balaban J connectivity index is 1.46. The third-order valence-corrected chi connectivity index (χ3v) is 5.75. The first-order valence-electron chi connectivity index (χ1n) is 9.05. The number of carbonyl (C=O) groups excluding carboxylic acids is 1. The number of aryl methyl sites for hydroxylation is 1. The van der Waals surface area contributed by atoms with Crippen molar-refractivity contribution in [3.8, 4) is 5.75 Å². The van der Waals surface area contributed by atoms with E-state index in [0.29, 0.717) is 0 Å². The van der Waals surface area contributed by atoms with Gasteiger partial charge in [0.1, 0.15) is 17.9 Å². The van der Waals surface area contributed by atoms with E-state index < -0.39 is 0 Å². The molecule has 1 aromatic heterocycles. The van der Waals surface area contributed by atoms with Gasteiger partial charge in [0.25, 0.3) is 5.91 Å². The van der Waals surface area contributed by atoms with E-state index in [1.165, 1.54) is 6.42 Å². The Bertz CT molecular complexity index is 739. The first-order valence-corrected chi connectivity index (χ1v) is 9.05. The Labute approximate surface area is 147 Å². The van der Waals surface area contributed by atoms with E-state index >= 15 is 0 Å². The number of likely N-dealkylation sites (tertiary alicyclic amines) is 1. The van der Waals surface area contributed by atoms with Gasteiger partial charge in [0, 0.05) is 25.6 Å². The van der Waals surface area contributed by atoms with E-state index in [4.69, 9.17) is 4.74 Å². The number of nitrogens with zero attached hydrogens (tertiary/aromatic N) is 4. The first kappa shape index (κ1) is 16.1. The summed E-state index contributed by atoms with van der Waals surface area (Å²) in [7, 11) is 0. The molecule has 132 valence electrons. The van der Waals surface area contributed by atoms with Crippen molar-refractivity contribution in [1.29, 1.82) is 0 Å². The summed E-state index contributed by atoms with van der Waals surface area (Å²) in [6.45, 7) is 4.58. The largest absolute Gasteiger partial charge is 0.484 e. The molecule has 1 saturated carbocycles. The number of ether oxygens (including phenoxy) is 1. The van der Waals surface area contributed by atoms with Crippen LogP contribution in [0.3, 0.4) is 0 Å². The number of amides is 1. The van der Waals surface area contributed by atoms with E-state index in [1.807, 2.05) is 35.2 Å². The zero-order chi connectivity index (χ0) is 17.3. The van der Waals surface area contributed by atoms with Gasteiger partial charge in [-0.1, -0.05) is 24.6 Å². The Morgan fingerprint density at radius 3 is 2.80 bits per heavy atom. The lowest BCUT2D eigenvalue weighted by Gasteiger charge is -2.42. The lowest BCUT2D eigenvalue weighted by atomic mass is 9.62. The van der Waals surface area contributed by atoms with Crippen molar-refractivity contribution in [1.82, 2.24) is 19.7 Å². The Hall–Kier alpha value is -2.37. The zero-order valence-electron chi connectivity index (χ0n) is 14.6. The third-order valence-electron chi connectivity index (χ3n) is 5.75. The van der Waals surface area contributed by atoms with Crippen molar-refractivity contribution in [2.24, 2.45) is 5.41 Å². The molecule has 25 heavy (non-hydrogen) atoms. The highest BCUT2D eigenvalue weighted by Crippen LogP contribution is 2.55. The van der Waals surface area contributed by atoms with Gasteiger partial charge in [-0.05, 0) is 37.3 Å². The number of hydrogen-bond acceptors (Lipinski definition) is 4. The van der Waals surface area contributed by atoms with Gasteiger partial charge in [0.05, 0.1) is 0 Å². The summed E-state index contributed by atoms with van der Waals surface area (Å²) in [6, 6.07) is 9.50. The summed E-state index contributed by atoms with van der Waals surface area (Å²) in [4.78, 5) is 14.6. The van der Waals surface area contributed by atoms with Crippen LogP contribution in [0.5, 0.6) is 5.75 Å². The van der Waals surface area contributed by atoms with E-state index in [-0.39, 0.29) is 23.8 Å². The number of aromatic nitrogens is 3. The van der Waals surface area contributed by atoms with Crippen molar-refractivity contribution in [3.05, 3.63) is 42.5 Å². The predicted octanol–water partition coefficient (Wildman–Crippen LogP) is 2.47. The highest BCUT2D eigenvalue weighted by Gasteiger charge is 2.53. The zero-order valence-corrected chi connectivity index (χ0v) is 14.6. The van der Waals surface area contributed by atoms with Crippen LogP contribution in [-0.2, 0) is 11.3 Å². The molecular weight excluding hydrogens is 316 g/mol. The maximum absolute atomic E-state index is 12.7. The molecule has 4 rings (SSSR count). The molecule has 1 atom stereocenters. The number of benzene rings is 1. The molecule has 1 aliphatic heterocycles. The second-order valence-corrected chi connectivity index (χ2v) is 7.12. The first-order chi connectivity index (χ1) is 12.2. The van der Waals surface area contributed by atoms with Crippen LogP contribution in [0, 0.1) is 5.41 Å². The second kappa shape index (κ2) is 6.50. The fourth-order valence-electron chi connectivity index (χ4n) is 4.18. The lowest BCUT2D eigenvalue weighted by molar-refractivity contribution is -0.133. The lowest BCUT2D eigenvalue weighted by Crippen LogP contribution is -2.39. The number of rotatable bonds is 5. The fourth-order valence-corrected chi connectivity index (χ4v) is 4.18. The van der Waals surface area contributed by atoms with Gasteiger partial charge >= 0.3 is 0 Å². The van der Waals surface area contributed by atoms with E-state index in [9.17, 15) is 4.79 Å². The number of hydrogen-bond donors (Lipinski definition) is 0. The van der Waals surface area contributed by atoms with Crippen LogP contribution in [-0.4, -0.2) is 45.3 Å². The minimum absolute atomic E-state index is 0.0557. The van der Waals surface area contributed by atoms with Crippen LogP contribution in [0.25, 0.3) is 0 Å². The minimum atomic E-state index is 0.0557. The van der Waals surface area contributed by atoms with E-state index in [1.54, 1.807) is 6.33 Å². The van der Waals surface area contributed by atoms with E-state index in [0.717, 1.165) is 44.0 Å². The maximum Gasteiger partial charge on any atom is 0.260 e. The predicted molar refractivity (Wildman–Crippen MR) is 93.2 cm³/mol. The smallest absolute Gasteiger partial charge is 0.260 e. The number of para-hydroxylation sites is 1. The van der Waals surface area contributed by atoms with Gasteiger partial charge in [0.15, 0.2) is 6.61 Å². The summed E-state index contributed by atoms with van der Waals surface area (Å²) >= 11 is 0. The molecule has 0 N–H and O–H groups in total. The summed E-state index contributed by atoms with van der Waals surface area (Å²) < 4.78 is 7.76. The van der Waals surface area contributed by atoms with Crippen LogP contribution in [0.2, 0.25) is 0 Å². The summed E-state index contributed by atoms with van der Waals surface area (Å²) in [5, 5.41) is 8.47. The molecule has 2 fully saturated rings. The van der Waals surface area contributed by atoms with Gasteiger partial charge in [-0.3, -0.25) is 4.79 Å². The highest BCUT2D eigenvalue weighted by atomic mass is 16.5. The Kier molecular flexibility index (Phi) is 4.19. The highest BCUT2D eigenvalue weighted by molar-refractivity contribution is 5.78. The van der Waals surface area contributed by atoms with E-state index in [2.05, 4.69) is 21.7 Å². The Morgan fingerprint density at radius 2 is 2.12 bits per heavy atom. The van der Waals surface area contributed by atoms with Crippen molar-refractivity contribution in [2.45, 2.75) is 38.6 Å². The quantitative estimate of drug-likeness (QED) is 0.839. The standard InChI is InChI=1S/C19H24N4O2/c1-2-22-14-20-21-18(22)16-11-23(13-19(16)9-6-10-19)17(24)12-25-15-7-4-3-5-8-15/h3-5,7-8,14,16H,2,6,9-13H2,1H3.